The quantitative estimate of drug-likeness (QED) is 0.905. The van der Waals surface area contributed by atoms with Crippen molar-refractivity contribution < 1.29 is 9.59 Å². The van der Waals surface area contributed by atoms with E-state index in [1.54, 1.807) is 0 Å². The third-order valence-corrected chi connectivity index (χ3v) is 4.33. The fourth-order valence-electron chi connectivity index (χ4n) is 2.93. The fraction of sp³-hybridized carbons (Fsp3) is 0.647. The molecular weight excluding hydrogens is 278 g/mol. The average molecular weight is 305 g/mol. The third-order valence-electron chi connectivity index (χ3n) is 4.33. The average Bonchev–Trinajstić information content (AvgIpc) is 2.82. The Kier molecular flexibility index (Phi) is 5.63. The first-order valence-corrected chi connectivity index (χ1v) is 8.22. The molecular formula is C17H27N3O2. The Morgan fingerprint density at radius 2 is 1.68 bits per heavy atom. The minimum absolute atomic E-state index is 0.155. The molecule has 5 heteroatoms. The molecule has 1 aromatic heterocycles. The number of nitrogens with zero attached hydrogens (tertiary/aromatic N) is 2. The van der Waals surface area contributed by atoms with Gasteiger partial charge >= 0.3 is 0 Å². The summed E-state index contributed by atoms with van der Waals surface area (Å²) in [5.74, 6) is 0.383. The number of rotatable bonds is 5. The highest BCUT2D eigenvalue weighted by Crippen LogP contribution is 2.13. The Balaban J connectivity index is 1.82. The Morgan fingerprint density at radius 1 is 1.09 bits per heavy atom. The highest BCUT2D eigenvalue weighted by Gasteiger charge is 2.24. The van der Waals surface area contributed by atoms with Gasteiger partial charge in [-0.2, -0.15) is 0 Å². The standard InChI is InChI=1S/C17H27N3O2/c1-4-5-6-16(21)19-7-9-20(10-8-19)17(22)12-15-11-13(2)18-14(15)3/h11,18H,4-10,12H2,1-3H3. The fourth-order valence-corrected chi connectivity index (χ4v) is 2.93. The molecule has 1 aliphatic rings. The van der Waals surface area contributed by atoms with Crippen molar-refractivity contribution >= 4 is 11.8 Å². The topological polar surface area (TPSA) is 56.4 Å². The van der Waals surface area contributed by atoms with E-state index in [1.165, 1.54) is 0 Å². The number of hydrogen-bond acceptors (Lipinski definition) is 2. The molecule has 5 nitrogen and oxygen atoms in total. The van der Waals surface area contributed by atoms with E-state index in [1.807, 2.05) is 29.7 Å². The lowest BCUT2D eigenvalue weighted by molar-refractivity contribution is -0.139. The second-order valence-corrected chi connectivity index (χ2v) is 6.14. The van der Waals surface area contributed by atoms with Gasteiger partial charge in [0.15, 0.2) is 0 Å². The minimum Gasteiger partial charge on any atom is -0.362 e. The highest BCUT2D eigenvalue weighted by molar-refractivity contribution is 5.80. The molecule has 1 fully saturated rings. The van der Waals surface area contributed by atoms with Crippen LogP contribution >= 0.6 is 0 Å². The van der Waals surface area contributed by atoms with Crippen molar-refractivity contribution in [2.45, 2.75) is 46.5 Å². The van der Waals surface area contributed by atoms with Crippen LogP contribution in [0.1, 0.15) is 43.1 Å². The molecule has 0 aromatic carbocycles. The van der Waals surface area contributed by atoms with E-state index in [2.05, 4.69) is 11.9 Å². The molecule has 1 aliphatic heterocycles. The van der Waals surface area contributed by atoms with Crippen molar-refractivity contribution in [3.8, 4) is 0 Å². The normalized spacial score (nSPS) is 15.2. The van der Waals surface area contributed by atoms with Gasteiger partial charge in [-0.3, -0.25) is 9.59 Å². The molecule has 22 heavy (non-hydrogen) atoms. The highest BCUT2D eigenvalue weighted by atomic mass is 16.2. The Hall–Kier alpha value is -1.78. The third kappa shape index (κ3) is 4.12. The number of unbranched alkanes of at least 4 members (excludes halogenated alkanes) is 1. The molecule has 0 bridgehead atoms. The van der Waals surface area contributed by atoms with Crippen LogP contribution in [-0.2, 0) is 16.0 Å². The van der Waals surface area contributed by atoms with Crippen molar-refractivity contribution in [2.24, 2.45) is 0 Å². The van der Waals surface area contributed by atoms with Crippen molar-refractivity contribution in [3.63, 3.8) is 0 Å². The molecule has 0 unspecified atom stereocenters. The monoisotopic (exact) mass is 305 g/mol. The minimum atomic E-state index is 0.155. The molecule has 2 amide bonds. The van der Waals surface area contributed by atoms with Gasteiger partial charge in [0.1, 0.15) is 0 Å². The van der Waals surface area contributed by atoms with Gasteiger partial charge in [-0.1, -0.05) is 13.3 Å². The second-order valence-electron chi connectivity index (χ2n) is 6.14. The summed E-state index contributed by atoms with van der Waals surface area (Å²) in [4.78, 5) is 31.4. The molecule has 0 aliphatic carbocycles. The zero-order valence-electron chi connectivity index (χ0n) is 13.9. The second kappa shape index (κ2) is 7.47. The summed E-state index contributed by atoms with van der Waals surface area (Å²) in [5.41, 5.74) is 3.23. The molecule has 1 aromatic rings. The number of aryl methyl sites for hydroxylation is 2. The van der Waals surface area contributed by atoms with Gasteiger partial charge in [0, 0.05) is 44.0 Å². The van der Waals surface area contributed by atoms with Crippen molar-refractivity contribution in [2.75, 3.05) is 26.2 Å². The molecule has 2 rings (SSSR count). The van der Waals surface area contributed by atoms with E-state index < -0.39 is 0 Å². The molecule has 0 spiro atoms. The van der Waals surface area contributed by atoms with Gasteiger partial charge in [0.25, 0.3) is 0 Å². The molecule has 1 saturated heterocycles. The van der Waals surface area contributed by atoms with Gasteiger partial charge in [0.2, 0.25) is 11.8 Å². The maximum Gasteiger partial charge on any atom is 0.227 e. The van der Waals surface area contributed by atoms with Crippen LogP contribution in [0.4, 0.5) is 0 Å². The van der Waals surface area contributed by atoms with Crippen molar-refractivity contribution in [1.82, 2.24) is 14.8 Å². The predicted molar refractivity (Wildman–Crippen MR) is 86.7 cm³/mol. The number of aromatic amines is 1. The van der Waals surface area contributed by atoms with Crippen LogP contribution in [0.25, 0.3) is 0 Å². The Morgan fingerprint density at radius 3 is 2.18 bits per heavy atom. The van der Waals surface area contributed by atoms with E-state index in [-0.39, 0.29) is 11.8 Å². The van der Waals surface area contributed by atoms with Gasteiger partial charge < -0.3 is 14.8 Å². The lowest BCUT2D eigenvalue weighted by atomic mass is 10.1. The maximum absolute atomic E-state index is 12.4. The van der Waals surface area contributed by atoms with Crippen LogP contribution in [0, 0.1) is 13.8 Å². The Bertz CT molecular complexity index is 528. The summed E-state index contributed by atoms with van der Waals surface area (Å²) in [7, 11) is 0. The van der Waals surface area contributed by atoms with Crippen LogP contribution in [0.3, 0.4) is 0 Å². The van der Waals surface area contributed by atoms with E-state index in [4.69, 9.17) is 0 Å². The Labute approximate surface area is 132 Å². The molecule has 0 atom stereocenters. The smallest absolute Gasteiger partial charge is 0.227 e. The van der Waals surface area contributed by atoms with Gasteiger partial charge in [-0.25, -0.2) is 0 Å². The molecule has 0 saturated carbocycles. The number of amides is 2. The number of H-pyrrole nitrogens is 1. The van der Waals surface area contributed by atoms with E-state index in [0.29, 0.717) is 39.0 Å². The summed E-state index contributed by atoms with van der Waals surface area (Å²) in [5, 5.41) is 0. The molecule has 2 heterocycles. The maximum atomic E-state index is 12.4. The van der Waals surface area contributed by atoms with Crippen LogP contribution < -0.4 is 0 Å². The van der Waals surface area contributed by atoms with Crippen LogP contribution in [0.5, 0.6) is 0 Å². The van der Waals surface area contributed by atoms with Crippen molar-refractivity contribution in [1.29, 1.82) is 0 Å². The van der Waals surface area contributed by atoms with Crippen LogP contribution in [0.2, 0.25) is 0 Å². The van der Waals surface area contributed by atoms with E-state index in [0.717, 1.165) is 29.8 Å². The van der Waals surface area contributed by atoms with E-state index >= 15 is 0 Å². The van der Waals surface area contributed by atoms with E-state index in [9.17, 15) is 9.59 Å². The summed E-state index contributed by atoms with van der Waals surface area (Å²) in [6.07, 6.45) is 3.07. The number of carbonyl (C=O) groups is 2. The SMILES string of the molecule is CCCCC(=O)N1CCN(C(=O)Cc2cc(C)[nH]c2C)CC1. The first-order chi connectivity index (χ1) is 10.5. The molecule has 1 N–H and O–H groups in total. The van der Waals surface area contributed by atoms with Crippen LogP contribution in [0.15, 0.2) is 6.07 Å². The van der Waals surface area contributed by atoms with Crippen molar-refractivity contribution in [3.05, 3.63) is 23.0 Å². The lowest BCUT2D eigenvalue weighted by Gasteiger charge is -2.35. The first kappa shape index (κ1) is 16.6. The molecule has 122 valence electrons. The summed E-state index contributed by atoms with van der Waals surface area (Å²) < 4.78 is 0. The molecule has 0 radical (unpaired) electrons. The number of carbonyl (C=O) groups excluding carboxylic acids is 2. The summed E-state index contributed by atoms with van der Waals surface area (Å²) in [6, 6.07) is 2.04. The number of hydrogen-bond donors (Lipinski definition) is 1. The summed E-state index contributed by atoms with van der Waals surface area (Å²) in [6.45, 7) is 8.73. The predicted octanol–water partition coefficient (Wildman–Crippen LogP) is 2.04. The largest absolute Gasteiger partial charge is 0.362 e. The van der Waals surface area contributed by atoms with Gasteiger partial charge in [-0.05, 0) is 31.9 Å². The number of aromatic nitrogens is 1. The van der Waals surface area contributed by atoms with Crippen LogP contribution in [-0.4, -0.2) is 52.8 Å². The zero-order valence-corrected chi connectivity index (χ0v) is 13.9. The number of nitrogens with one attached hydrogen (secondary N) is 1. The summed E-state index contributed by atoms with van der Waals surface area (Å²) >= 11 is 0. The lowest BCUT2D eigenvalue weighted by Crippen LogP contribution is -2.50. The van der Waals surface area contributed by atoms with Gasteiger partial charge in [-0.15, -0.1) is 0 Å². The zero-order chi connectivity index (χ0) is 16.1. The number of piperazine rings is 1. The van der Waals surface area contributed by atoms with Gasteiger partial charge in [0.05, 0.1) is 6.42 Å². The first-order valence-electron chi connectivity index (χ1n) is 8.22.